The third-order valence-electron chi connectivity index (χ3n) is 1.57. The first-order valence-corrected chi connectivity index (χ1v) is 4.29. The van der Waals surface area contributed by atoms with Gasteiger partial charge in [-0.05, 0) is 25.1 Å². The summed E-state index contributed by atoms with van der Waals surface area (Å²) in [5.74, 6) is 0.556. The lowest BCUT2D eigenvalue weighted by Gasteiger charge is -2.10. The molecule has 0 spiro atoms. The normalized spacial score (nSPS) is 12.7. The predicted octanol–water partition coefficient (Wildman–Crippen LogP) is 1.62. The van der Waals surface area contributed by atoms with Crippen LogP contribution in [0.5, 0.6) is 5.75 Å². The van der Waals surface area contributed by atoms with Gasteiger partial charge in [0.05, 0.1) is 0 Å². The second-order valence-corrected chi connectivity index (χ2v) is 2.75. The van der Waals surface area contributed by atoms with Crippen molar-refractivity contribution in [3.05, 3.63) is 35.9 Å². The molecule has 0 radical (unpaired) electrons. The maximum Gasteiger partial charge on any atom is 0.194 e. The van der Waals surface area contributed by atoms with Crippen molar-refractivity contribution in [2.24, 2.45) is 0 Å². The second kappa shape index (κ2) is 5.19. The van der Waals surface area contributed by atoms with Crippen LogP contribution in [-0.2, 0) is 4.79 Å². The number of carbonyl (C=O) groups excluding carboxylic acids is 1. The first-order chi connectivity index (χ1) is 6.74. The largest absolute Gasteiger partial charge is 0.465 e. The van der Waals surface area contributed by atoms with Crippen LogP contribution in [0.2, 0.25) is 0 Å². The summed E-state index contributed by atoms with van der Waals surface area (Å²) in [6.07, 6.45) is 2.84. The molecule has 3 nitrogen and oxygen atoms in total. The van der Waals surface area contributed by atoms with Crippen molar-refractivity contribution < 1.29 is 14.6 Å². The minimum atomic E-state index is -0.860. The highest BCUT2D eigenvalue weighted by Crippen LogP contribution is 2.19. The van der Waals surface area contributed by atoms with Crippen molar-refractivity contribution in [3.8, 4) is 5.75 Å². The summed E-state index contributed by atoms with van der Waals surface area (Å²) < 4.78 is 5.13. The number of hydrogen-bond acceptors (Lipinski definition) is 3. The van der Waals surface area contributed by atoms with E-state index in [2.05, 4.69) is 0 Å². The third-order valence-corrected chi connectivity index (χ3v) is 1.57. The zero-order chi connectivity index (χ0) is 10.4. The fourth-order valence-electron chi connectivity index (χ4n) is 1.05. The van der Waals surface area contributed by atoms with Crippen LogP contribution in [0.3, 0.4) is 0 Å². The lowest BCUT2D eigenvalue weighted by molar-refractivity contribution is -0.104. The Hall–Kier alpha value is -1.61. The average molecular weight is 192 g/mol. The molecule has 0 amide bonds. The fourth-order valence-corrected chi connectivity index (χ4v) is 1.05. The molecule has 0 heterocycles. The summed E-state index contributed by atoms with van der Waals surface area (Å²) in [6, 6.07) is 7.17. The molecular formula is C11H12O3. The molecule has 0 aliphatic heterocycles. The van der Waals surface area contributed by atoms with Gasteiger partial charge in [-0.25, -0.2) is 0 Å². The van der Waals surface area contributed by atoms with E-state index < -0.39 is 6.29 Å². The van der Waals surface area contributed by atoms with Crippen LogP contribution >= 0.6 is 0 Å². The zero-order valence-corrected chi connectivity index (χ0v) is 7.88. The van der Waals surface area contributed by atoms with E-state index in [1.54, 1.807) is 24.3 Å². The number of ether oxygens (including phenoxy) is 1. The third kappa shape index (κ3) is 3.03. The van der Waals surface area contributed by atoms with Crippen LogP contribution in [0, 0.1) is 0 Å². The van der Waals surface area contributed by atoms with E-state index in [9.17, 15) is 4.79 Å². The van der Waals surface area contributed by atoms with E-state index in [1.165, 1.54) is 13.0 Å². The number of rotatable bonds is 4. The molecule has 0 aliphatic rings. The summed E-state index contributed by atoms with van der Waals surface area (Å²) in [4.78, 5) is 10.1. The van der Waals surface area contributed by atoms with E-state index in [-0.39, 0.29) is 0 Å². The molecule has 0 saturated heterocycles. The lowest BCUT2D eigenvalue weighted by atomic mass is 10.2. The Balaban J connectivity index is 2.90. The van der Waals surface area contributed by atoms with Gasteiger partial charge >= 0.3 is 0 Å². The van der Waals surface area contributed by atoms with E-state index in [4.69, 9.17) is 9.84 Å². The van der Waals surface area contributed by atoms with Gasteiger partial charge < -0.3 is 9.84 Å². The monoisotopic (exact) mass is 192 g/mol. The summed E-state index contributed by atoms with van der Waals surface area (Å²) in [5.41, 5.74) is 0.764. The van der Waals surface area contributed by atoms with Gasteiger partial charge in [-0.2, -0.15) is 0 Å². The van der Waals surface area contributed by atoms with Gasteiger partial charge in [0.1, 0.15) is 12.0 Å². The standard InChI is InChI=1S/C11H12O3/c1-9(13)14-11-7-3-2-5-10(11)6-4-8-12/h2-9,13H,1H3/b6-4+. The maximum absolute atomic E-state index is 10.1. The van der Waals surface area contributed by atoms with E-state index in [1.807, 2.05) is 6.07 Å². The van der Waals surface area contributed by atoms with Gasteiger partial charge in [-0.1, -0.05) is 18.2 Å². The number of aliphatic hydroxyl groups excluding tert-OH is 1. The number of benzene rings is 1. The Morgan fingerprint density at radius 3 is 2.79 bits per heavy atom. The zero-order valence-electron chi connectivity index (χ0n) is 7.88. The molecule has 74 valence electrons. The van der Waals surface area contributed by atoms with Crippen molar-refractivity contribution >= 4 is 12.4 Å². The van der Waals surface area contributed by atoms with Crippen molar-refractivity contribution in [3.63, 3.8) is 0 Å². The number of carbonyl (C=O) groups is 1. The molecule has 0 aromatic heterocycles. The molecule has 1 aromatic rings. The van der Waals surface area contributed by atoms with Gasteiger partial charge in [-0.15, -0.1) is 0 Å². The highest BCUT2D eigenvalue weighted by atomic mass is 16.6. The Labute approximate surface area is 82.6 Å². The van der Waals surface area contributed by atoms with Gasteiger partial charge in [0, 0.05) is 5.56 Å². The highest BCUT2D eigenvalue weighted by molar-refractivity contribution is 5.75. The highest BCUT2D eigenvalue weighted by Gasteiger charge is 2.01. The van der Waals surface area contributed by atoms with Crippen molar-refractivity contribution in [1.29, 1.82) is 0 Å². The molecule has 0 saturated carbocycles. The number of hydrogen-bond donors (Lipinski definition) is 1. The second-order valence-electron chi connectivity index (χ2n) is 2.75. The molecule has 1 atom stereocenters. The van der Waals surface area contributed by atoms with Crippen LogP contribution in [-0.4, -0.2) is 17.7 Å². The number of para-hydroxylation sites is 1. The number of aliphatic hydroxyl groups is 1. The SMILES string of the molecule is CC(O)Oc1ccccc1/C=C/C=O. The Morgan fingerprint density at radius 1 is 1.43 bits per heavy atom. The summed E-state index contributed by atoms with van der Waals surface area (Å²) in [7, 11) is 0. The van der Waals surface area contributed by atoms with Crippen molar-refractivity contribution in [2.75, 3.05) is 0 Å². The summed E-state index contributed by atoms with van der Waals surface area (Å²) >= 11 is 0. The number of aldehydes is 1. The smallest absolute Gasteiger partial charge is 0.194 e. The van der Waals surface area contributed by atoms with Crippen LogP contribution in [0.15, 0.2) is 30.3 Å². The fraction of sp³-hybridized carbons (Fsp3) is 0.182. The van der Waals surface area contributed by atoms with Crippen LogP contribution in [0.1, 0.15) is 12.5 Å². The Kier molecular flexibility index (Phi) is 3.88. The van der Waals surface area contributed by atoms with Crippen molar-refractivity contribution in [2.45, 2.75) is 13.2 Å². The minimum absolute atomic E-state index is 0.556. The molecule has 3 heteroatoms. The summed E-state index contributed by atoms with van der Waals surface area (Å²) in [5, 5.41) is 9.04. The molecule has 1 N–H and O–H groups in total. The van der Waals surface area contributed by atoms with Gasteiger partial charge in [0.25, 0.3) is 0 Å². The van der Waals surface area contributed by atoms with Gasteiger partial charge in [0.15, 0.2) is 6.29 Å². The molecule has 14 heavy (non-hydrogen) atoms. The van der Waals surface area contributed by atoms with Gasteiger partial charge in [-0.3, -0.25) is 4.79 Å². The first-order valence-electron chi connectivity index (χ1n) is 4.29. The quantitative estimate of drug-likeness (QED) is 0.448. The van der Waals surface area contributed by atoms with E-state index >= 15 is 0 Å². The molecule has 1 unspecified atom stereocenters. The van der Waals surface area contributed by atoms with E-state index in [0.717, 1.165) is 5.56 Å². The van der Waals surface area contributed by atoms with Gasteiger partial charge in [0.2, 0.25) is 0 Å². The van der Waals surface area contributed by atoms with Crippen LogP contribution in [0.25, 0.3) is 6.08 Å². The number of allylic oxidation sites excluding steroid dienone is 1. The van der Waals surface area contributed by atoms with Crippen LogP contribution < -0.4 is 4.74 Å². The summed E-state index contributed by atoms with van der Waals surface area (Å²) in [6.45, 7) is 1.53. The molecule has 0 fully saturated rings. The lowest BCUT2D eigenvalue weighted by Crippen LogP contribution is -2.10. The molecule has 0 bridgehead atoms. The Bertz CT molecular complexity index is 329. The average Bonchev–Trinajstić information content (AvgIpc) is 2.16. The Morgan fingerprint density at radius 2 is 2.14 bits per heavy atom. The first kappa shape index (κ1) is 10.5. The van der Waals surface area contributed by atoms with E-state index in [0.29, 0.717) is 12.0 Å². The molecular weight excluding hydrogens is 180 g/mol. The molecule has 0 aliphatic carbocycles. The van der Waals surface area contributed by atoms with Crippen LogP contribution in [0.4, 0.5) is 0 Å². The molecule has 1 aromatic carbocycles. The maximum atomic E-state index is 10.1. The minimum Gasteiger partial charge on any atom is -0.465 e. The topological polar surface area (TPSA) is 46.5 Å². The molecule has 1 rings (SSSR count). The van der Waals surface area contributed by atoms with Crippen molar-refractivity contribution in [1.82, 2.24) is 0 Å². The predicted molar refractivity (Wildman–Crippen MR) is 53.8 cm³/mol.